The monoisotopic (exact) mass is 632 g/mol. The van der Waals surface area contributed by atoms with Crippen molar-refractivity contribution in [3.63, 3.8) is 0 Å². The first-order valence-corrected chi connectivity index (χ1v) is 16.0. The number of aliphatic hydroxyl groups excluding tert-OH is 2. The molecular formula is C32H60N2O10. The van der Waals surface area contributed by atoms with E-state index in [0.717, 1.165) is 0 Å². The number of carbonyl (C=O) groups excluding carboxylic acids is 2. The topological polar surface area (TPSA) is 158 Å². The molecule has 2 rings (SSSR count). The number of likely N-dealkylation sites (N-methyl/N-ethyl adjacent to an activating group) is 2. The Bertz CT molecular complexity index is 946. The molecule has 0 aliphatic carbocycles. The minimum Gasteiger partial charge on any atom is -0.459 e. The molecule has 0 bridgehead atoms. The molecule has 0 aromatic heterocycles. The van der Waals surface area contributed by atoms with Crippen molar-refractivity contribution < 1.29 is 49.0 Å². The lowest BCUT2D eigenvalue weighted by Crippen LogP contribution is -2.60. The summed E-state index contributed by atoms with van der Waals surface area (Å²) in [5, 5.41) is 46.3. The normalized spacial score (nSPS) is 45.7. The molecule has 0 amide bonds. The molecule has 0 aromatic rings. The Balaban J connectivity index is 2.59. The van der Waals surface area contributed by atoms with Crippen LogP contribution < -0.4 is 0 Å². The highest BCUT2D eigenvalue weighted by Gasteiger charge is 2.50. The van der Waals surface area contributed by atoms with Crippen LogP contribution in [0.15, 0.2) is 0 Å². The lowest BCUT2D eigenvalue weighted by Gasteiger charge is -2.47. The number of ether oxygens (including phenoxy) is 4. The van der Waals surface area contributed by atoms with Crippen LogP contribution in [0.5, 0.6) is 0 Å². The van der Waals surface area contributed by atoms with E-state index in [2.05, 4.69) is 0 Å². The lowest BCUT2D eigenvalue weighted by molar-refractivity contribution is -0.301. The van der Waals surface area contributed by atoms with Gasteiger partial charge in [-0.15, -0.1) is 0 Å². The molecule has 12 nitrogen and oxygen atoms in total. The van der Waals surface area contributed by atoms with Crippen LogP contribution in [0.1, 0.15) is 81.6 Å². The number of esters is 2. The van der Waals surface area contributed by atoms with Gasteiger partial charge in [0.15, 0.2) is 12.4 Å². The molecule has 44 heavy (non-hydrogen) atoms. The maximum absolute atomic E-state index is 13.4. The number of carbonyl (C=O) groups is 2. The van der Waals surface area contributed by atoms with Crippen molar-refractivity contribution >= 4 is 11.9 Å². The summed E-state index contributed by atoms with van der Waals surface area (Å²) in [7, 11) is 5.59. The number of hydrogen-bond acceptors (Lipinski definition) is 12. The molecule has 0 saturated carbocycles. The summed E-state index contributed by atoms with van der Waals surface area (Å²) >= 11 is 0. The van der Waals surface area contributed by atoms with Gasteiger partial charge in [-0.2, -0.15) is 0 Å². The van der Waals surface area contributed by atoms with Crippen molar-refractivity contribution in [3.05, 3.63) is 0 Å². The molecule has 2 fully saturated rings. The van der Waals surface area contributed by atoms with Crippen LogP contribution in [0.3, 0.4) is 0 Å². The standard InChI is InChI=1S/C32H60N2O10/c1-13-24-32(9,40)27(37)21(6)34(12)16-17(2)15-31(8,39)28(19(4)25(36)20(5)29(38)43-24)44-30-26(42-22(7)35)23(33(10)11)14-18(3)41-30/h17-21,23-28,30,36-37,39-40H,13-16H2,1-12H3/t17-,18?,19+,20-,21-,23+,24-,25+,26-,27-,28-,30+,31-,32-/m1/s1. The van der Waals surface area contributed by atoms with Gasteiger partial charge in [0.2, 0.25) is 0 Å². The zero-order chi connectivity index (χ0) is 33.9. The third kappa shape index (κ3) is 9.12. The predicted molar refractivity (Wildman–Crippen MR) is 164 cm³/mol. The third-order valence-corrected chi connectivity index (χ3v) is 9.74. The van der Waals surface area contributed by atoms with Crippen molar-refractivity contribution in [2.24, 2.45) is 17.8 Å². The van der Waals surface area contributed by atoms with Gasteiger partial charge in [0, 0.05) is 25.4 Å². The van der Waals surface area contributed by atoms with Gasteiger partial charge in [-0.05, 0) is 80.9 Å². The first kappa shape index (κ1) is 38.8. The van der Waals surface area contributed by atoms with E-state index in [1.165, 1.54) is 20.8 Å². The van der Waals surface area contributed by atoms with Crippen molar-refractivity contribution in [1.82, 2.24) is 9.80 Å². The second kappa shape index (κ2) is 15.5. The number of cyclic esters (lactones) is 1. The molecule has 258 valence electrons. The Morgan fingerprint density at radius 3 is 2.23 bits per heavy atom. The summed E-state index contributed by atoms with van der Waals surface area (Å²) in [6, 6.07) is -0.748. The number of rotatable bonds is 5. The van der Waals surface area contributed by atoms with Crippen LogP contribution >= 0.6 is 0 Å². The van der Waals surface area contributed by atoms with Gasteiger partial charge in [0.25, 0.3) is 0 Å². The van der Waals surface area contributed by atoms with Gasteiger partial charge in [-0.3, -0.25) is 9.59 Å². The van der Waals surface area contributed by atoms with Crippen LogP contribution in [0.4, 0.5) is 0 Å². The molecule has 0 spiro atoms. The third-order valence-electron chi connectivity index (χ3n) is 9.74. The van der Waals surface area contributed by atoms with Crippen molar-refractivity contribution in [2.45, 2.75) is 148 Å². The summed E-state index contributed by atoms with van der Waals surface area (Å²) in [5.74, 6) is -3.26. The highest BCUT2D eigenvalue weighted by molar-refractivity contribution is 5.73. The summed E-state index contributed by atoms with van der Waals surface area (Å²) in [5.41, 5.74) is -3.30. The van der Waals surface area contributed by atoms with Crippen LogP contribution in [0.25, 0.3) is 0 Å². The van der Waals surface area contributed by atoms with E-state index in [4.69, 9.17) is 18.9 Å². The van der Waals surface area contributed by atoms with Crippen molar-refractivity contribution in [1.29, 1.82) is 0 Å². The van der Waals surface area contributed by atoms with Crippen LogP contribution in [-0.2, 0) is 28.5 Å². The number of nitrogens with zero attached hydrogens (tertiary/aromatic N) is 2. The lowest BCUT2D eigenvalue weighted by atomic mass is 9.78. The second-order valence-electron chi connectivity index (χ2n) is 14.2. The summed E-state index contributed by atoms with van der Waals surface area (Å²) in [6.45, 7) is 15.5. The zero-order valence-corrected chi connectivity index (χ0v) is 28.9. The Morgan fingerprint density at radius 2 is 1.70 bits per heavy atom. The fourth-order valence-electron chi connectivity index (χ4n) is 7.04. The maximum atomic E-state index is 13.4. The van der Waals surface area contributed by atoms with E-state index >= 15 is 0 Å². The molecule has 0 aromatic carbocycles. The molecule has 12 heteroatoms. The Morgan fingerprint density at radius 1 is 1.11 bits per heavy atom. The molecular weight excluding hydrogens is 572 g/mol. The van der Waals surface area contributed by atoms with Crippen LogP contribution in [0.2, 0.25) is 0 Å². The molecule has 2 aliphatic rings. The first-order chi connectivity index (χ1) is 20.1. The second-order valence-corrected chi connectivity index (χ2v) is 14.2. The summed E-state index contributed by atoms with van der Waals surface area (Å²) < 4.78 is 24.2. The van der Waals surface area contributed by atoms with Gasteiger partial charge >= 0.3 is 11.9 Å². The quantitative estimate of drug-likeness (QED) is 0.325. The smallest absolute Gasteiger partial charge is 0.311 e. The van der Waals surface area contributed by atoms with E-state index in [0.29, 0.717) is 13.0 Å². The van der Waals surface area contributed by atoms with Crippen molar-refractivity contribution in [3.8, 4) is 0 Å². The first-order valence-electron chi connectivity index (χ1n) is 16.0. The molecule has 2 heterocycles. The molecule has 2 saturated heterocycles. The highest BCUT2D eigenvalue weighted by Crippen LogP contribution is 2.37. The van der Waals surface area contributed by atoms with E-state index < -0.39 is 77.8 Å². The van der Waals surface area contributed by atoms with Gasteiger partial charge in [-0.25, -0.2) is 0 Å². The van der Waals surface area contributed by atoms with Crippen LogP contribution in [0, 0.1) is 17.8 Å². The predicted octanol–water partition coefficient (Wildman–Crippen LogP) is 1.55. The Labute approximate surface area is 264 Å². The largest absolute Gasteiger partial charge is 0.459 e. The van der Waals surface area contributed by atoms with E-state index in [-0.39, 0.29) is 30.9 Å². The van der Waals surface area contributed by atoms with Gasteiger partial charge in [0.05, 0.1) is 35.9 Å². The number of hydrogen-bond donors (Lipinski definition) is 4. The minimum atomic E-state index is -1.77. The van der Waals surface area contributed by atoms with Gasteiger partial charge < -0.3 is 49.2 Å². The van der Waals surface area contributed by atoms with E-state index in [1.54, 1.807) is 27.7 Å². The highest BCUT2D eigenvalue weighted by atomic mass is 16.7. The van der Waals surface area contributed by atoms with Gasteiger partial charge in [0.1, 0.15) is 17.8 Å². The Kier molecular flexibility index (Phi) is 13.6. The fraction of sp³-hybridized carbons (Fsp3) is 0.938. The molecule has 14 atom stereocenters. The zero-order valence-electron chi connectivity index (χ0n) is 28.9. The van der Waals surface area contributed by atoms with Crippen LogP contribution in [-0.4, -0.2) is 136 Å². The number of aliphatic hydroxyl groups is 4. The maximum Gasteiger partial charge on any atom is 0.311 e. The average Bonchev–Trinajstić information content (AvgIpc) is 2.91. The molecule has 1 unspecified atom stereocenters. The summed E-state index contributed by atoms with van der Waals surface area (Å²) in [4.78, 5) is 29.4. The fourth-order valence-corrected chi connectivity index (χ4v) is 7.04. The minimum absolute atomic E-state index is 0.127. The Hall–Kier alpha value is -1.38. The molecule has 4 N–H and O–H groups in total. The van der Waals surface area contributed by atoms with Crippen molar-refractivity contribution in [2.75, 3.05) is 27.7 Å². The molecule has 2 aliphatic heterocycles. The SMILES string of the molecule is CC[C@H]1OC(=O)[C@H](C)[C@@H](O)[C@H](C)[C@@H](O[C@@H]2OC(C)C[C@H](N(C)C)[C@H]2OC(C)=O)[C@](C)(O)C[C@@H](C)CN(C)[C@H](C)[C@@H](O)[C@]1(C)O. The molecule has 0 radical (unpaired) electrons. The van der Waals surface area contributed by atoms with E-state index in [1.807, 2.05) is 44.8 Å². The average molecular weight is 633 g/mol. The van der Waals surface area contributed by atoms with Gasteiger partial charge in [-0.1, -0.05) is 20.8 Å². The summed E-state index contributed by atoms with van der Waals surface area (Å²) in [6.07, 6.45) is -5.74. The van der Waals surface area contributed by atoms with E-state index in [9.17, 15) is 30.0 Å².